The molecule has 2 aromatic rings. The van der Waals surface area contributed by atoms with Crippen LogP contribution in [0.3, 0.4) is 0 Å². The van der Waals surface area contributed by atoms with Gasteiger partial charge in [-0.1, -0.05) is 29.3 Å². The van der Waals surface area contributed by atoms with Crippen LogP contribution in [0.1, 0.15) is 26.4 Å². The van der Waals surface area contributed by atoms with Gasteiger partial charge in [-0.25, -0.2) is 0 Å². The molecule has 0 spiro atoms. The fourth-order valence-corrected chi connectivity index (χ4v) is 2.39. The minimum atomic E-state index is -0.523. The van der Waals surface area contributed by atoms with Crippen molar-refractivity contribution in [3.63, 3.8) is 0 Å². The molecule has 24 heavy (non-hydrogen) atoms. The Balaban J connectivity index is 2.06. The van der Waals surface area contributed by atoms with Crippen LogP contribution in [0.2, 0.25) is 10.0 Å². The molecule has 6 nitrogen and oxygen atoms in total. The summed E-state index contributed by atoms with van der Waals surface area (Å²) in [6, 6.07) is 5.95. The number of aromatic hydroxyl groups is 1. The molecule has 0 saturated carbocycles. The zero-order valence-electron chi connectivity index (χ0n) is 13.0. The maximum absolute atomic E-state index is 12.1. The van der Waals surface area contributed by atoms with E-state index in [1.807, 2.05) is 0 Å². The van der Waals surface area contributed by atoms with Crippen molar-refractivity contribution < 1.29 is 14.7 Å². The fraction of sp³-hybridized carbons (Fsp3) is 0.188. The highest BCUT2D eigenvalue weighted by atomic mass is 35.5. The van der Waals surface area contributed by atoms with E-state index in [0.29, 0.717) is 11.3 Å². The zero-order valence-corrected chi connectivity index (χ0v) is 14.5. The van der Waals surface area contributed by atoms with Crippen LogP contribution < -0.4 is 5.32 Å². The van der Waals surface area contributed by atoms with E-state index in [4.69, 9.17) is 23.2 Å². The zero-order chi connectivity index (χ0) is 17.9. The first kappa shape index (κ1) is 18.0. The Labute approximate surface area is 149 Å². The molecule has 1 aromatic carbocycles. The summed E-state index contributed by atoms with van der Waals surface area (Å²) in [5, 5.41) is 12.7. The molecule has 1 heterocycles. The van der Waals surface area contributed by atoms with Crippen molar-refractivity contribution >= 4 is 35.0 Å². The SMILES string of the molecule is CN(C)C(=O)c1ccc(CNC(=O)c2cc(Cl)cc(Cl)c2O)cn1. The molecule has 0 aliphatic heterocycles. The van der Waals surface area contributed by atoms with Crippen molar-refractivity contribution in [2.24, 2.45) is 0 Å². The number of hydrogen-bond donors (Lipinski definition) is 2. The Bertz CT molecular complexity index is 777. The first-order valence-electron chi connectivity index (χ1n) is 6.92. The number of phenols is 1. The van der Waals surface area contributed by atoms with Gasteiger partial charge in [-0.3, -0.25) is 14.6 Å². The van der Waals surface area contributed by atoms with Gasteiger partial charge in [-0.2, -0.15) is 0 Å². The lowest BCUT2D eigenvalue weighted by molar-refractivity contribution is 0.0821. The van der Waals surface area contributed by atoms with Gasteiger partial charge in [0.1, 0.15) is 11.4 Å². The summed E-state index contributed by atoms with van der Waals surface area (Å²) < 4.78 is 0. The lowest BCUT2D eigenvalue weighted by Crippen LogP contribution is -2.24. The van der Waals surface area contributed by atoms with Crippen LogP contribution in [-0.4, -0.2) is 40.9 Å². The van der Waals surface area contributed by atoms with Crippen LogP contribution in [-0.2, 0) is 6.54 Å². The van der Waals surface area contributed by atoms with Gasteiger partial charge in [-0.15, -0.1) is 0 Å². The van der Waals surface area contributed by atoms with Crippen molar-refractivity contribution in [3.05, 3.63) is 57.3 Å². The monoisotopic (exact) mass is 367 g/mol. The quantitative estimate of drug-likeness (QED) is 0.870. The van der Waals surface area contributed by atoms with Crippen LogP contribution in [0.4, 0.5) is 0 Å². The average Bonchev–Trinajstić information content (AvgIpc) is 2.55. The van der Waals surface area contributed by atoms with E-state index in [2.05, 4.69) is 10.3 Å². The van der Waals surface area contributed by atoms with E-state index in [1.54, 1.807) is 26.2 Å². The molecule has 0 aliphatic carbocycles. The molecule has 0 fully saturated rings. The number of nitrogens with zero attached hydrogens (tertiary/aromatic N) is 2. The van der Waals surface area contributed by atoms with Crippen LogP contribution in [0, 0.1) is 0 Å². The topological polar surface area (TPSA) is 82.5 Å². The number of nitrogens with one attached hydrogen (secondary N) is 1. The normalized spacial score (nSPS) is 10.3. The molecule has 2 N–H and O–H groups in total. The number of carbonyl (C=O) groups excluding carboxylic acids is 2. The predicted octanol–water partition coefficient (Wildman–Crippen LogP) is 2.73. The van der Waals surface area contributed by atoms with E-state index in [-0.39, 0.29) is 33.8 Å². The third-order valence-electron chi connectivity index (χ3n) is 3.18. The highest BCUT2D eigenvalue weighted by Crippen LogP contribution is 2.31. The number of phenolic OH excluding ortho intramolecular Hbond substituents is 1. The molecule has 0 radical (unpaired) electrons. The number of rotatable bonds is 4. The summed E-state index contributed by atoms with van der Waals surface area (Å²) in [7, 11) is 3.28. The second-order valence-corrected chi connectivity index (χ2v) is 6.06. The van der Waals surface area contributed by atoms with Crippen LogP contribution in [0.5, 0.6) is 5.75 Å². The van der Waals surface area contributed by atoms with E-state index in [0.717, 1.165) is 0 Å². The standard InChI is InChI=1S/C16H15Cl2N3O3/c1-21(2)16(24)13-4-3-9(7-19-13)8-20-15(23)11-5-10(17)6-12(18)14(11)22/h3-7,22H,8H2,1-2H3,(H,20,23). The Morgan fingerprint density at radius 2 is 1.96 bits per heavy atom. The molecule has 8 heteroatoms. The van der Waals surface area contributed by atoms with E-state index in [9.17, 15) is 14.7 Å². The molecule has 2 rings (SSSR count). The van der Waals surface area contributed by atoms with Gasteiger partial charge in [0.15, 0.2) is 0 Å². The smallest absolute Gasteiger partial charge is 0.271 e. The average molecular weight is 368 g/mol. The first-order chi connectivity index (χ1) is 11.3. The van der Waals surface area contributed by atoms with Gasteiger partial charge < -0.3 is 15.3 Å². The van der Waals surface area contributed by atoms with Crippen LogP contribution in [0.25, 0.3) is 0 Å². The molecule has 126 valence electrons. The van der Waals surface area contributed by atoms with Crippen molar-refractivity contribution in [1.29, 1.82) is 0 Å². The van der Waals surface area contributed by atoms with Crippen LogP contribution >= 0.6 is 23.2 Å². The van der Waals surface area contributed by atoms with Crippen molar-refractivity contribution in [1.82, 2.24) is 15.2 Å². The maximum Gasteiger partial charge on any atom is 0.271 e. The number of aromatic nitrogens is 1. The molecular weight excluding hydrogens is 353 g/mol. The summed E-state index contributed by atoms with van der Waals surface area (Å²) in [6.07, 6.45) is 1.50. The lowest BCUT2D eigenvalue weighted by Gasteiger charge is -2.10. The van der Waals surface area contributed by atoms with Crippen molar-refractivity contribution in [3.8, 4) is 5.75 Å². The number of benzene rings is 1. The highest BCUT2D eigenvalue weighted by Gasteiger charge is 2.15. The highest BCUT2D eigenvalue weighted by molar-refractivity contribution is 6.36. The summed E-state index contributed by atoms with van der Waals surface area (Å²) in [6.45, 7) is 0.172. The van der Waals surface area contributed by atoms with Gasteiger partial charge in [0.25, 0.3) is 11.8 Å². The Hall–Kier alpha value is -2.31. The number of halogens is 2. The molecule has 0 aliphatic rings. The summed E-state index contributed by atoms with van der Waals surface area (Å²) >= 11 is 11.6. The van der Waals surface area contributed by atoms with Gasteiger partial charge >= 0.3 is 0 Å². The van der Waals surface area contributed by atoms with Gasteiger partial charge in [0.05, 0.1) is 10.6 Å². The predicted molar refractivity (Wildman–Crippen MR) is 91.6 cm³/mol. The summed E-state index contributed by atoms with van der Waals surface area (Å²) in [5.74, 6) is -1.06. The Morgan fingerprint density at radius 1 is 1.25 bits per heavy atom. The molecule has 1 aromatic heterocycles. The van der Waals surface area contributed by atoms with E-state index >= 15 is 0 Å². The first-order valence-corrected chi connectivity index (χ1v) is 7.68. The van der Waals surface area contributed by atoms with Crippen LogP contribution in [0.15, 0.2) is 30.5 Å². The second kappa shape index (κ2) is 7.51. The maximum atomic E-state index is 12.1. The number of amides is 2. The Morgan fingerprint density at radius 3 is 2.54 bits per heavy atom. The van der Waals surface area contributed by atoms with Crippen molar-refractivity contribution in [2.75, 3.05) is 14.1 Å². The Kier molecular flexibility index (Phi) is 5.64. The molecule has 0 saturated heterocycles. The third-order valence-corrected chi connectivity index (χ3v) is 3.68. The van der Waals surface area contributed by atoms with Gasteiger partial charge in [0.2, 0.25) is 0 Å². The van der Waals surface area contributed by atoms with Gasteiger partial charge in [-0.05, 0) is 23.8 Å². The number of carbonyl (C=O) groups is 2. The minimum absolute atomic E-state index is 0.000803. The van der Waals surface area contributed by atoms with E-state index < -0.39 is 5.91 Å². The second-order valence-electron chi connectivity index (χ2n) is 5.22. The molecule has 0 unspecified atom stereocenters. The van der Waals surface area contributed by atoms with Crippen molar-refractivity contribution in [2.45, 2.75) is 6.54 Å². The summed E-state index contributed by atoms with van der Waals surface area (Å²) in [5.41, 5.74) is 1.00. The molecule has 0 atom stereocenters. The largest absolute Gasteiger partial charge is 0.506 e. The number of hydrogen-bond acceptors (Lipinski definition) is 4. The lowest BCUT2D eigenvalue weighted by atomic mass is 10.1. The van der Waals surface area contributed by atoms with Gasteiger partial charge in [0, 0.05) is 31.9 Å². The molecular formula is C16H15Cl2N3O3. The minimum Gasteiger partial charge on any atom is -0.506 e. The number of pyridine rings is 1. The molecule has 0 bridgehead atoms. The van der Waals surface area contributed by atoms with E-state index in [1.165, 1.54) is 23.2 Å². The summed E-state index contributed by atoms with van der Waals surface area (Å²) in [4.78, 5) is 29.4. The molecule has 2 amide bonds. The third kappa shape index (κ3) is 4.15. The fourth-order valence-electron chi connectivity index (χ4n) is 1.90.